The van der Waals surface area contributed by atoms with E-state index in [0.29, 0.717) is 25.4 Å². The molecule has 0 aromatic heterocycles. The van der Waals surface area contributed by atoms with Crippen LogP contribution in [0.4, 0.5) is 0 Å². The average Bonchev–Trinajstić information content (AvgIpc) is 3.00. The molecule has 8 nitrogen and oxygen atoms in total. The molecule has 0 atom stereocenters. The molecule has 0 aliphatic rings. The van der Waals surface area contributed by atoms with Gasteiger partial charge in [0, 0.05) is 12.2 Å². The Morgan fingerprint density at radius 2 is 0.622 bits per heavy atom. The molecule has 0 bridgehead atoms. The summed E-state index contributed by atoms with van der Waals surface area (Å²) in [6, 6.07) is 0. The SMILES string of the molecule is CCCCCCCCCCCCCCOC(=O)/C=C\C(=O)[O-].CCCCCCCCCCCCCCOC(=O)/C=C\C(=O)[O-].[Cd+2]. The predicted molar refractivity (Wildman–Crippen MR) is 172 cm³/mol. The van der Waals surface area contributed by atoms with Gasteiger partial charge in [0.05, 0.1) is 25.2 Å². The van der Waals surface area contributed by atoms with E-state index in [9.17, 15) is 29.4 Å². The van der Waals surface area contributed by atoms with Gasteiger partial charge in [-0.25, -0.2) is 9.59 Å². The van der Waals surface area contributed by atoms with Gasteiger partial charge in [-0.3, -0.25) is 0 Å². The number of rotatable bonds is 30. The number of unbranched alkanes of at least 4 members (excludes halogenated alkanes) is 22. The molecule has 0 aliphatic heterocycles. The Bertz CT molecular complexity index is 689. The van der Waals surface area contributed by atoms with Crippen molar-refractivity contribution >= 4 is 23.9 Å². The summed E-state index contributed by atoms with van der Waals surface area (Å²) in [7, 11) is 0. The van der Waals surface area contributed by atoms with Crippen molar-refractivity contribution in [2.45, 2.75) is 168 Å². The van der Waals surface area contributed by atoms with E-state index in [1.807, 2.05) is 0 Å². The van der Waals surface area contributed by atoms with E-state index in [4.69, 9.17) is 9.47 Å². The minimum absolute atomic E-state index is 0. The van der Waals surface area contributed by atoms with Crippen LogP contribution in [-0.2, 0) is 56.0 Å². The summed E-state index contributed by atoms with van der Waals surface area (Å²) in [5, 5.41) is 20.2. The minimum Gasteiger partial charge on any atom is -0.545 e. The average molecular weight is 735 g/mol. The number of carbonyl (C=O) groups excluding carboxylic acids is 4. The summed E-state index contributed by atoms with van der Waals surface area (Å²) in [4.78, 5) is 42.3. The summed E-state index contributed by atoms with van der Waals surface area (Å²) >= 11 is 0. The predicted octanol–water partition coefficient (Wildman–Crippen LogP) is 7.07. The first kappa shape index (κ1) is 47.7. The Morgan fingerprint density at radius 1 is 0.400 bits per heavy atom. The van der Waals surface area contributed by atoms with Gasteiger partial charge in [0.1, 0.15) is 0 Å². The van der Waals surface area contributed by atoms with Crippen LogP contribution in [0.25, 0.3) is 0 Å². The zero-order valence-electron chi connectivity index (χ0n) is 28.7. The van der Waals surface area contributed by atoms with E-state index >= 15 is 0 Å². The molecule has 0 amide bonds. The number of carboxylic acid groups (broad SMARTS) is 2. The van der Waals surface area contributed by atoms with Crippen LogP contribution in [0.3, 0.4) is 0 Å². The van der Waals surface area contributed by atoms with E-state index in [1.165, 1.54) is 128 Å². The van der Waals surface area contributed by atoms with Gasteiger partial charge in [-0.15, -0.1) is 0 Å². The summed E-state index contributed by atoms with van der Waals surface area (Å²) in [6.07, 6.45) is 33.3. The molecule has 9 heteroatoms. The maximum atomic E-state index is 11.0. The van der Waals surface area contributed by atoms with Crippen molar-refractivity contribution in [1.29, 1.82) is 0 Å². The molecule has 0 saturated heterocycles. The van der Waals surface area contributed by atoms with Crippen LogP contribution >= 0.6 is 0 Å². The standard InChI is InChI=1S/2C18H32O4.Cd/c2*1-2-3-4-5-6-7-8-9-10-11-12-13-16-22-18(21)15-14-17(19)20;/h2*14-15H,2-13,16H2,1H3,(H,19,20);/q;;+2/p-2/b2*15-14-;. The Labute approximate surface area is 294 Å². The number of hydrogen-bond acceptors (Lipinski definition) is 8. The van der Waals surface area contributed by atoms with Crippen LogP contribution in [0.15, 0.2) is 24.3 Å². The van der Waals surface area contributed by atoms with Gasteiger partial charge in [0.2, 0.25) is 0 Å². The zero-order valence-corrected chi connectivity index (χ0v) is 32.7. The number of carboxylic acids is 2. The van der Waals surface area contributed by atoms with Crippen LogP contribution in [0.1, 0.15) is 168 Å². The van der Waals surface area contributed by atoms with Crippen molar-refractivity contribution in [1.82, 2.24) is 0 Å². The Balaban J connectivity index is -0.000000767. The van der Waals surface area contributed by atoms with E-state index in [0.717, 1.165) is 37.8 Å². The number of hydrogen-bond donors (Lipinski definition) is 0. The fourth-order valence-electron chi connectivity index (χ4n) is 4.60. The first-order valence-corrected chi connectivity index (χ1v) is 17.4. The normalized spacial score (nSPS) is 10.7. The molecule has 0 unspecified atom stereocenters. The van der Waals surface area contributed by atoms with Crippen LogP contribution < -0.4 is 10.2 Å². The molecule has 0 fully saturated rings. The second kappa shape index (κ2) is 40.3. The number of carbonyl (C=O) groups is 4. The molecular formula is C36H62CdO8. The first-order valence-electron chi connectivity index (χ1n) is 17.4. The first-order chi connectivity index (χ1) is 21.3. The zero-order chi connectivity index (χ0) is 32.9. The minimum atomic E-state index is -1.39. The molecule has 0 aromatic carbocycles. The van der Waals surface area contributed by atoms with Crippen molar-refractivity contribution in [3.8, 4) is 0 Å². The smallest absolute Gasteiger partial charge is 0.545 e. The molecule has 0 spiro atoms. The maximum absolute atomic E-state index is 11.0. The third-order valence-corrected chi connectivity index (χ3v) is 7.20. The van der Waals surface area contributed by atoms with E-state index in [2.05, 4.69) is 13.8 Å². The third kappa shape index (κ3) is 46.8. The Morgan fingerprint density at radius 3 is 0.844 bits per heavy atom. The van der Waals surface area contributed by atoms with Crippen molar-refractivity contribution in [3.05, 3.63) is 24.3 Å². The second-order valence-corrected chi connectivity index (χ2v) is 11.4. The molecule has 0 rings (SSSR count). The van der Waals surface area contributed by atoms with Crippen molar-refractivity contribution < 1.29 is 66.2 Å². The molecule has 0 N–H and O–H groups in total. The maximum Gasteiger partial charge on any atom is 2.00 e. The molecule has 45 heavy (non-hydrogen) atoms. The number of aliphatic carboxylic acids is 2. The van der Waals surface area contributed by atoms with Gasteiger partial charge in [-0.1, -0.05) is 155 Å². The Hall–Kier alpha value is -1.72. The van der Waals surface area contributed by atoms with Gasteiger partial charge in [-0.05, 0) is 25.0 Å². The van der Waals surface area contributed by atoms with Crippen molar-refractivity contribution in [2.24, 2.45) is 0 Å². The second-order valence-electron chi connectivity index (χ2n) is 11.4. The van der Waals surface area contributed by atoms with Crippen LogP contribution in [0.5, 0.6) is 0 Å². The van der Waals surface area contributed by atoms with E-state index in [-0.39, 0.29) is 27.3 Å². The molecule has 0 radical (unpaired) electrons. The molecule has 0 aliphatic carbocycles. The van der Waals surface area contributed by atoms with Gasteiger partial charge in [0.15, 0.2) is 0 Å². The van der Waals surface area contributed by atoms with Crippen molar-refractivity contribution in [3.63, 3.8) is 0 Å². The third-order valence-electron chi connectivity index (χ3n) is 7.20. The van der Waals surface area contributed by atoms with Crippen molar-refractivity contribution in [2.75, 3.05) is 13.2 Å². The van der Waals surface area contributed by atoms with Gasteiger partial charge in [0.25, 0.3) is 0 Å². The van der Waals surface area contributed by atoms with Gasteiger partial charge < -0.3 is 29.3 Å². The largest absolute Gasteiger partial charge is 2.00 e. The summed E-state index contributed by atoms with van der Waals surface area (Å²) in [5.41, 5.74) is 0. The quantitative estimate of drug-likeness (QED) is 0.0331. The topological polar surface area (TPSA) is 133 Å². The molecule has 256 valence electrons. The van der Waals surface area contributed by atoms with E-state index < -0.39 is 23.9 Å². The molecule has 0 heterocycles. The number of ether oxygens (including phenoxy) is 2. The van der Waals surface area contributed by atoms with E-state index in [1.54, 1.807) is 0 Å². The summed E-state index contributed by atoms with van der Waals surface area (Å²) in [6.45, 7) is 5.19. The molecule has 0 aromatic rings. The van der Waals surface area contributed by atoms with Crippen LogP contribution in [-0.4, -0.2) is 37.1 Å². The fourth-order valence-corrected chi connectivity index (χ4v) is 4.60. The molecular weight excluding hydrogens is 673 g/mol. The summed E-state index contributed by atoms with van der Waals surface area (Å²) < 4.78 is 9.73. The van der Waals surface area contributed by atoms with Gasteiger partial charge in [-0.2, -0.15) is 0 Å². The van der Waals surface area contributed by atoms with Gasteiger partial charge >= 0.3 is 39.2 Å². The van der Waals surface area contributed by atoms with Crippen LogP contribution in [0, 0.1) is 0 Å². The fraction of sp³-hybridized carbons (Fsp3) is 0.778. The van der Waals surface area contributed by atoms with Crippen LogP contribution in [0.2, 0.25) is 0 Å². The monoisotopic (exact) mass is 736 g/mol. The number of esters is 2. The summed E-state index contributed by atoms with van der Waals surface area (Å²) in [5.74, 6) is -4.01. The Kier molecular flexibility index (Phi) is 42.7. The molecule has 0 saturated carbocycles.